The molecule has 1 aliphatic heterocycles. The van der Waals surface area contributed by atoms with Crippen molar-refractivity contribution in [3.63, 3.8) is 0 Å². The number of rotatable bonds is 9. The monoisotopic (exact) mass is 404 g/mol. The number of ether oxygens (including phenoxy) is 2. The molecule has 1 aromatic carbocycles. The summed E-state index contributed by atoms with van der Waals surface area (Å²) in [5.74, 6) is 0.832. The van der Waals surface area contributed by atoms with Crippen molar-refractivity contribution in [2.75, 3.05) is 39.4 Å². The zero-order chi connectivity index (χ0) is 20.9. The van der Waals surface area contributed by atoms with Crippen molar-refractivity contribution < 1.29 is 14.3 Å². The highest BCUT2D eigenvalue weighted by atomic mass is 16.6. The normalized spacial score (nSPS) is 16.4. The first-order chi connectivity index (χ1) is 14.1. The lowest BCUT2D eigenvalue weighted by molar-refractivity contribution is 0.0652. The third kappa shape index (κ3) is 8.31. The van der Waals surface area contributed by atoms with E-state index >= 15 is 0 Å². The number of nitrogens with one attached hydrogen (secondary N) is 2. The standard InChI is InChI=1S/C22H36N4O3/c1-4-23-21(25-20-12-15-26(16-13-20)22(27)28-5-2)24-14-9-17-29-18(3)19-10-7-6-8-11-19/h6-8,10-11,18,20H,4-5,9,12-17H2,1-3H3,(H2,23,24,25). The van der Waals surface area contributed by atoms with Crippen LogP contribution in [-0.4, -0.2) is 62.4 Å². The van der Waals surface area contributed by atoms with E-state index < -0.39 is 0 Å². The Morgan fingerprint density at radius 1 is 1.24 bits per heavy atom. The third-order valence-corrected chi connectivity index (χ3v) is 4.92. The fraction of sp³-hybridized carbons (Fsp3) is 0.636. The molecule has 1 amide bonds. The molecule has 162 valence electrons. The van der Waals surface area contributed by atoms with E-state index in [0.717, 1.165) is 31.8 Å². The first-order valence-electron chi connectivity index (χ1n) is 10.8. The summed E-state index contributed by atoms with van der Waals surface area (Å²) in [6.07, 6.45) is 2.53. The van der Waals surface area contributed by atoms with E-state index in [1.165, 1.54) is 5.56 Å². The molecule has 1 aromatic rings. The largest absolute Gasteiger partial charge is 0.450 e. The van der Waals surface area contributed by atoms with Crippen LogP contribution in [0.5, 0.6) is 0 Å². The zero-order valence-electron chi connectivity index (χ0n) is 18.0. The van der Waals surface area contributed by atoms with E-state index in [4.69, 9.17) is 9.47 Å². The molecule has 29 heavy (non-hydrogen) atoms. The lowest BCUT2D eigenvalue weighted by atomic mass is 10.1. The highest BCUT2D eigenvalue weighted by Gasteiger charge is 2.23. The van der Waals surface area contributed by atoms with Crippen molar-refractivity contribution in [1.29, 1.82) is 0 Å². The van der Waals surface area contributed by atoms with Gasteiger partial charge in [-0.2, -0.15) is 0 Å². The number of amides is 1. The van der Waals surface area contributed by atoms with Crippen molar-refractivity contribution in [3.8, 4) is 0 Å². The molecule has 1 fully saturated rings. The topological polar surface area (TPSA) is 75.2 Å². The number of carbonyl (C=O) groups is 1. The smallest absolute Gasteiger partial charge is 0.409 e. The first-order valence-corrected chi connectivity index (χ1v) is 10.8. The molecule has 0 bridgehead atoms. The van der Waals surface area contributed by atoms with Gasteiger partial charge in [0.15, 0.2) is 5.96 Å². The minimum absolute atomic E-state index is 0.0936. The van der Waals surface area contributed by atoms with Gasteiger partial charge < -0.3 is 25.0 Å². The Morgan fingerprint density at radius 2 is 1.97 bits per heavy atom. The minimum atomic E-state index is -0.212. The summed E-state index contributed by atoms with van der Waals surface area (Å²) >= 11 is 0. The van der Waals surface area contributed by atoms with E-state index in [1.807, 2.05) is 25.1 Å². The number of nitrogens with zero attached hydrogens (tertiary/aromatic N) is 2. The Kier molecular flexibility index (Phi) is 10.3. The second-order valence-electron chi connectivity index (χ2n) is 7.14. The summed E-state index contributed by atoms with van der Waals surface area (Å²) in [4.78, 5) is 18.3. The molecule has 0 aromatic heterocycles. The zero-order valence-corrected chi connectivity index (χ0v) is 18.0. The Morgan fingerprint density at radius 3 is 2.62 bits per heavy atom. The molecule has 2 rings (SSSR count). The fourth-order valence-electron chi connectivity index (χ4n) is 3.27. The highest BCUT2D eigenvalue weighted by Crippen LogP contribution is 2.16. The van der Waals surface area contributed by atoms with Crippen molar-refractivity contribution >= 4 is 12.1 Å². The van der Waals surface area contributed by atoms with E-state index in [1.54, 1.807) is 4.90 Å². The first kappa shape index (κ1) is 23.0. The van der Waals surface area contributed by atoms with Gasteiger partial charge in [0.05, 0.1) is 12.7 Å². The molecule has 0 spiro atoms. The van der Waals surface area contributed by atoms with Gasteiger partial charge in [0, 0.05) is 38.8 Å². The van der Waals surface area contributed by atoms with Gasteiger partial charge >= 0.3 is 6.09 Å². The quantitative estimate of drug-likeness (QED) is 0.375. The number of guanidine groups is 1. The maximum Gasteiger partial charge on any atom is 0.409 e. The Bertz CT molecular complexity index is 616. The van der Waals surface area contributed by atoms with Gasteiger partial charge in [-0.25, -0.2) is 4.79 Å². The molecule has 1 atom stereocenters. The number of piperidine rings is 1. The molecule has 0 radical (unpaired) electrons. The lowest BCUT2D eigenvalue weighted by Crippen LogP contribution is -2.49. The number of aliphatic imine (C=N–C) groups is 1. The number of hydrogen-bond acceptors (Lipinski definition) is 4. The van der Waals surface area contributed by atoms with Crippen LogP contribution in [0.4, 0.5) is 4.79 Å². The Balaban J connectivity index is 1.69. The number of benzene rings is 1. The van der Waals surface area contributed by atoms with Crippen molar-refractivity contribution in [2.45, 2.75) is 52.2 Å². The highest BCUT2D eigenvalue weighted by molar-refractivity contribution is 5.80. The third-order valence-electron chi connectivity index (χ3n) is 4.92. The minimum Gasteiger partial charge on any atom is -0.450 e. The fourth-order valence-corrected chi connectivity index (χ4v) is 3.27. The van der Waals surface area contributed by atoms with Crippen LogP contribution in [0.1, 0.15) is 51.7 Å². The van der Waals surface area contributed by atoms with Gasteiger partial charge in [0.1, 0.15) is 0 Å². The molecule has 0 saturated carbocycles. The number of carbonyl (C=O) groups excluding carboxylic acids is 1. The van der Waals surface area contributed by atoms with Gasteiger partial charge in [-0.05, 0) is 45.6 Å². The average Bonchev–Trinajstić information content (AvgIpc) is 2.74. The van der Waals surface area contributed by atoms with Crippen LogP contribution in [0.3, 0.4) is 0 Å². The van der Waals surface area contributed by atoms with E-state index in [0.29, 0.717) is 38.9 Å². The van der Waals surface area contributed by atoms with Crippen LogP contribution in [-0.2, 0) is 9.47 Å². The predicted octanol–water partition coefficient (Wildman–Crippen LogP) is 3.33. The Hall–Kier alpha value is -2.28. The molecule has 1 heterocycles. The summed E-state index contributed by atoms with van der Waals surface area (Å²) in [5, 5.41) is 6.80. The predicted molar refractivity (Wildman–Crippen MR) is 116 cm³/mol. The van der Waals surface area contributed by atoms with Crippen molar-refractivity contribution in [1.82, 2.24) is 15.5 Å². The van der Waals surface area contributed by atoms with Crippen LogP contribution < -0.4 is 10.6 Å². The molecule has 7 heteroatoms. The summed E-state index contributed by atoms with van der Waals surface area (Å²) in [7, 11) is 0. The van der Waals surface area contributed by atoms with Crippen LogP contribution in [0.25, 0.3) is 0 Å². The molecular weight excluding hydrogens is 368 g/mol. The van der Waals surface area contributed by atoms with E-state index in [2.05, 4.69) is 41.6 Å². The summed E-state index contributed by atoms with van der Waals surface area (Å²) < 4.78 is 11.0. The molecular formula is C22H36N4O3. The number of hydrogen-bond donors (Lipinski definition) is 2. The lowest BCUT2D eigenvalue weighted by Gasteiger charge is -2.32. The van der Waals surface area contributed by atoms with Crippen molar-refractivity contribution in [3.05, 3.63) is 35.9 Å². The van der Waals surface area contributed by atoms with Crippen molar-refractivity contribution in [2.24, 2.45) is 4.99 Å². The SMILES string of the molecule is CCNC(=NCCCOC(C)c1ccccc1)NC1CCN(C(=O)OCC)CC1. The molecule has 2 N–H and O–H groups in total. The average molecular weight is 405 g/mol. The molecule has 0 aliphatic carbocycles. The molecule has 1 aliphatic rings. The maximum atomic E-state index is 11.8. The summed E-state index contributed by atoms with van der Waals surface area (Å²) in [5.41, 5.74) is 1.19. The summed E-state index contributed by atoms with van der Waals surface area (Å²) in [6.45, 7) is 10.0. The van der Waals surface area contributed by atoms with Crippen LogP contribution in [0, 0.1) is 0 Å². The van der Waals surface area contributed by atoms with E-state index in [9.17, 15) is 4.79 Å². The van der Waals surface area contributed by atoms with Gasteiger partial charge in [-0.1, -0.05) is 30.3 Å². The van der Waals surface area contributed by atoms with Gasteiger partial charge in [0.25, 0.3) is 0 Å². The molecule has 7 nitrogen and oxygen atoms in total. The molecule has 1 unspecified atom stereocenters. The Labute approximate surface area is 174 Å². The van der Waals surface area contributed by atoms with Gasteiger partial charge in [0.2, 0.25) is 0 Å². The molecule has 1 saturated heterocycles. The second-order valence-corrected chi connectivity index (χ2v) is 7.14. The van der Waals surface area contributed by atoms with E-state index in [-0.39, 0.29) is 12.2 Å². The maximum absolute atomic E-state index is 11.8. The van der Waals surface area contributed by atoms with Crippen LogP contribution >= 0.6 is 0 Å². The van der Waals surface area contributed by atoms with Crippen LogP contribution in [0.2, 0.25) is 0 Å². The van der Waals surface area contributed by atoms with Crippen LogP contribution in [0.15, 0.2) is 35.3 Å². The second kappa shape index (κ2) is 13.0. The number of likely N-dealkylation sites (tertiary alicyclic amines) is 1. The van der Waals surface area contributed by atoms with Gasteiger partial charge in [-0.15, -0.1) is 0 Å². The summed E-state index contributed by atoms with van der Waals surface area (Å²) in [6, 6.07) is 10.6. The van der Waals surface area contributed by atoms with Gasteiger partial charge in [-0.3, -0.25) is 4.99 Å².